The van der Waals surface area contributed by atoms with Crippen molar-refractivity contribution in [3.8, 4) is 0 Å². The minimum absolute atomic E-state index is 0.0357. The molecule has 1 heterocycles. The van der Waals surface area contributed by atoms with Gasteiger partial charge < -0.3 is 15.0 Å². The highest BCUT2D eigenvalue weighted by Gasteiger charge is 2.25. The molecule has 0 atom stereocenters. The Morgan fingerprint density at radius 2 is 1.81 bits per heavy atom. The molecule has 0 saturated carbocycles. The maximum absolute atomic E-state index is 13.8. The molecule has 7 nitrogen and oxygen atoms in total. The zero-order valence-electron chi connectivity index (χ0n) is 18.0. The maximum atomic E-state index is 13.8. The van der Waals surface area contributed by atoms with Gasteiger partial charge in [-0.05, 0) is 69.2 Å². The van der Waals surface area contributed by atoms with E-state index in [-0.39, 0.29) is 17.3 Å². The second kappa shape index (κ2) is 8.75. The molecule has 1 aliphatic rings. The maximum Gasteiger partial charge on any atom is 0.412 e. The Morgan fingerprint density at radius 1 is 1.06 bits per heavy atom. The quantitative estimate of drug-likeness (QED) is 0.739. The van der Waals surface area contributed by atoms with Crippen LogP contribution in [-0.2, 0) is 16.0 Å². The van der Waals surface area contributed by atoms with Gasteiger partial charge in [-0.2, -0.15) is 0 Å². The molecule has 0 spiro atoms. The van der Waals surface area contributed by atoms with Gasteiger partial charge in [-0.25, -0.2) is 9.18 Å². The van der Waals surface area contributed by atoms with E-state index in [0.717, 1.165) is 17.3 Å². The fourth-order valence-corrected chi connectivity index (χ4v) is 3.33. The highest BCUT2D eigenvalue weighted by Crippen LogP contribution is 2.30. The summed E-state index contributed by atoms with van der Waals surface area (Å²) >= 11 is 0. The van der Waals surface area contributed by atoms with Crippen molar-refractivity contribution in [1.82, 2.24) is 0 Å². The van der Waals surface area contributed by atoms with E-state index in [0.29, 0.717) is 24.9 Å². The highest BCUT2D eigenvalue weighted by molar-refractivity contribution is 6.07. The standard InChI is InChI=1S/C23H26FN3O4/c1-5-20(28)27-11-10-14-12-15(6-9-19(14)27)21(29)25-18-13-16(24)7-8-17(18)26-22(30)31-23(2,3)4/h6-9,12-13H,5,10-11H2,1-4H3,(H,25,29)(H,26,30). The predicted octanol–water partition coefficient (Wildman–Crippen LogP) is 4.72. The van der Waals surface area contributed by atoms with Gasteiger partial charge >= 0.3 is 6.09 Å². The molecule has 2 aromatic rings. The number of carbonyl (C=O) groups is 3. The summed E-state index contributed by atoms with van der Waals surface area (Å²) in [5.41, 5.74) is 1.70. The van der Waals surface area contributed by atoms with Crippen LogP contribution in [0.3, 0.4) is 0 Å². The number of hydrogen-bond donors (Lipinski definition) is 2. The summed E-state index contributed by atoms with van der Waals surface area (Å²) in [7, 11) is 0. The van der Waals surface area contributed by atoms with Crippen LogP contribution in [-0.4, -0.2) is 30.1 Å². The first kappa shape index (κ1) is 22.3. The first-order valence-electron chi connectivity index (χ1n) is 10.1. The van der Waals surface area contributed by atoms with Gasteiger partial charge in [0, 0.05) is 24.2 Å². The topological polar surface area (TPSA) is 87.7 Å². The van der Waals surface area contributed by atoms with Crippen LogP contribution in [0.5, 0.6) is 0 Å². The van der Waals surface area contributed by atoms with Crippen LogP contribution in [0.2, 0.25) is 0 Å². The van der Waals surface area contributed by atoms with Crippen LogP contribution in [0.25, 0.3) is 0 Å². The average Bonchev–Trinajstić information content (AvgIpc) is 3.11. The molecule has 0 radical (unpaired) electrons. The van der Waals surface area contributed by atoms with E-state index in [1.54, 1.807) is 43.9 Å². The molecular formula is C23H26FN3O4. The number of fused-ring (bicyclic) bond motifs is 1. The second-order valence-corrected chi connectivity index (χ2v) is 8.26. The number of halogens is 1. The fourth-order valence-electron chi connectivity index (χ4n) is 3.33. The molecule has 8 heteroatoms. The molecule has 31 heavy (non-hydrogen) atoms. The van der Waals surface area contributed by atoms with Crippen molar-refractivity contribution in [2.45, 2.75) is 46.1 Å². The Bertz CT molecular complexity index is 1030. The van der Waals surface area contributed by atoms with E-state index < -0.39 is 23.4 Å². The molecule has 0 aliphatic carbocycles. The van der Waals surface area contributed by atoms with Crippen LogP contribution in [0, 0.1) is 5.82 Å². The smallest absolute Gasteiger partial charge is 0.412 e. The van der Waals surface area contributed by atoms with Crippen molar-refractivity contribution < 1.29 is 23.5 Å². The van der Waals surface area contributed by atoms with Crippen LogP contribution in [0.4, 0.5) is 26.2 Å². The molecule has 0 fully saturated rings. The summed E-state index contributed by atoms with van der Waals surface area (Å²) in [5, 5.41) is 5.17. The minimum Gasteiger partial charge on any atom is -0.444 e. The highest BCUT2D eigenvalue weighted by atomic mass is 19.1. The summed E-state index contributed by atoms with van der Waals surface area (Å²) in [6, 6.07) is 8.75. The van der Waals surface area contributed by atoms with Crippen LogP contribution in [0.1, 0.15) is 50.0 Å². The molecular weight excluding hydrogens is 401 g/mol. The normalized spacial score (nSPS) is 12.9. The number of carbonyl (C=O) groups excluding carboxylic acids is 3. The first-order valence-corrected chi connectivity index (χ1v) is 10.1. The summed E-state index contributed by atoms with van der Waals surface area (Å²) in [4.78, 5) is 38.7. The summed E-state index contributed by atoms with van der Waals surface area (Å²) in [5.74, 6) is -0.984. The molecule has 164 valence electrons. The molecule has 0 saturated heterocycles. The first-order chi connectivity index (χ1) is 14.6. The summed E-state index contributed by atoms with van der Waals surface area (Å²) < 4.78 is 19.0. The molecule has 2 N–H and O–H groups in total. The van der Waals surface area contributed by atoms with Crippen molar-refractivity contribution in [3.63, 3.8) is 0 Å². The zero-order chi connectivity index (χ0) is 22.8. The van der Waals surface area contributed by atoms with E-state index in [1.165, 1.54) is 12.1 Å². The van der Waals surface area contributed by atoms with E-state index in [4.69, 9.17) is 4.74 Å². The van der Waals surface area contributed by atoms with Crippen molar-refractivity contribution in [3.05, 3.63) is 53.3 Å². The number of rotatable bonds is 4. The van der Waals surface area contributed by atoms with Gasteiger partial charge in [0.1, 0.15) is 11.4 Å². The van der Waals surface area contributed by atoms with Gasteiger partial charge in [0.05, 0.1) is 11.4 Å². The number of nitrogens with zero attached hydrogens (tertiary/aromatic N) is 1. The van der Waals surface area contributed by atoms with Crippen LogP contribution < -0.4 is 15.5 Å². The molecule has 0 aromatic heterocycles. The van der Waals surface area contributed by atoms with Crippen LogP contribution >= 0.6 is 0 Å². The van der Waals surface area contributed by atoms with Crippen molar-refractivity contribution in [1.29, 1.82) is 0 Å². The Balaban J connectivity index is 1.79. The zero-order valence-corrected chi connectivity index (χ0v) is 18.0. The molecule has 3 rings (SSSR count). The van der Waals surface area contributed by atoms with Gasteiger partial charge in [-0.3, -0.25) is 14.9 Å². The Hall–Kier alpha value is -3.42. The molecule has 3 amide bonds. The Morgan fingerprint density at radius 3 is 2.48 bits per heavy atom. The van der Waals surface area contributed by atoms with Gasteiger partial charge in [0.2, 0.25) is 5.91 Å². The van der Waals surface area contributed by atoms with E-state index in [9.17, 15) is 18.8 Å². The van der Waals surface area contributed by atoms with Crippen molar-refractivity contribution >= 4 is 35.0 Å². The third-order valence-corrected chi connectivity index (χ3v) is 4.71. The molecule has 0 bridgehead atoms. The third kappa shape index (κ3) is 5.39. The summed E-state index contributed by atoms with van der Waals surface area (Å²) in [6.45, 7) is 7.57. The van der Waals surface area contributed by atoms with E-state index >= 15 is 0 Å². The van der Waals surface area contributed by atoms with Crippen molar-refractivity contribution in [2.75, 3.05) is 22.1 Å². The average molecular weight is 427 g/mol. The lowest BCUT2D eigenvalue weighted by Gasteiger charge is -2.20. The van der Waals surface area contributed by atoms with Crippen molar-refractivity contribution in [2.24, 2.45) is 0 Å². The number of nitrogens with one attached hydrogen (secondary N) is 2. The van der Waals surface area contributed by atoms with Gasteiger partial charge in [-0.1, -0.05) is 6.92 Å². The lowest BCUT2D eigenvalue weighted by Crippen LogP contribution is -2.28. The molecule has 2 aromatic carbocycles. The van der Waals surface area contributed by atoms with Gasteiger partial charge in [0.15, 0.2) is 0 Å². The minimum atomic E-state index is -0.715. The predicted molar refractivity (Wildman–Crippen MR) is 117 cm³/mol. The SMILES string of the molecule is CCC(=O)N1CCc2cc(C(=O)Nc3cc(F)ccc3NC(=O)OC(C)(C)C)ccc21. The van der Waals surface area contributed by atoms with Crippen LogP contribution in [0.15, 0.2) is 36.4 Å². The lowest BCUT2D eigenvalue weighted by atomic mass is 10.1. The number of anilines is 3. The van der Waals surface area contributed by atoms with E-state index in [1.807, 2.05) is 6.92 Å². The van der Waals surface area contributed by atoms with Gasteiger partial charge in [0.25, 0.3) is 5.91 Å². The number of ether oxygens (including phenoxy) is 1. The molecule has 0 unspecified atom stereocenters. The number of amides is 3. The lowest BCUT2D eigenvalue weighted by molar-refractivity contribution is -0.118. The number of benzene rings is 2. The van der Waals surface area contributed by atoms with E-state index in [2.05, 4.69) is 10.6 Å². The largest absolute Gasteiger partial charge is 0.444 e. The summed E-state index contributed by atoms with van der Waals surface area (Å²) in [6.07, 6.45) is 0.357. The fraction of sp³-hybridized carbons (Fsp3) is 0.348. The monoisotopic (exact) mass is 427 g/mol. The Labute approximate surface area is 180 Å². The second-order valence-electron chi connectivity index (χ2n) is 8.26. The van der Waals surface area contributed by atoms with Gasteiger partial charge in [-0.15, -0.1) is 0 Å². The third-order valence-electron chi connectivity index (χ3n) is 4.71. The Kier molecular flexibility index (Phi) is 6.29. The molecule has 1 aliphatic heterocycles. The number of hydrogen-bond acceptors (Lipinski definition) is 4.